The third kappa shape index (κ3) is 3.18. The lowest BCUT2D eigenvalue weighted by atomic mass is 10.1. The van der Waals surface area contributed by atoms with Gasteiger partial charge < -0.3 is 10.1 Å². The Hall–Kier alpha value is -0.720. The maximum absolute atomic E-state index is 13.0. The normalized spacial score (nSPS) is 16.7. The van der Waals surface area contributed by atoms with Gasteiger partial charge in [0.15, 0.2) is 0 Å². The first-order valence-electron chi connectivity index (χ1n) is 5.60. The van der Waals surface area contributed by atoms with Crippen LogP contribution >= 0.6 is 11.8 Å². The number of halogens is 3. The zero-order valence-electron chi connectivity index (χ0n) is 9.88. The second-order valence-electron chi connectivity index (χ2n) is 4.14. The van der Waals surface area contributed by atoms with E-state index in [0.29, 0.717) is 25.3 Å². The van der Waals surface area contributed by atoms with Gasteiger partial charge in [0.25, 0.3) is 0 Å². The molecule has 0 bridgehead atoms. The summed E-state index contributed by atoms with van der Waals surface area (Å²) in [4.78, 5) is 0.288. The van der Waals surface area contributed by atoms with Gasteiger partial charge in [-0.1, -0.05) is 6.07 Å². The molecule has 1 aliphatic rings. The van der Waals surface area contributed by atoms with E-state index >= 15 is 0 Å². The Balaban J connectivity index is 2.25. The fraction of sp³-hybridized carbons (Fsp3) is 0.500. The monoisotopic (exact) mass is 277 g/mol. The van der Waals surface area contributed by atoms with E-state index in [1.165, 1.54) is 17.8 Å². The molecule has 0 aromatic heterocycles. The maximum Gasteiger partial charge on any atom is 0.417 e. The number of hydrogen-bond donors (Lipinski definition) is 1. The van der Waals surface area contributed by atoms with E-state index in [0.717, 1.165) is 0 Å². The summed E-state index contributed by atoms with van der Waals surface area (Å²) >= 11 is 1.25. The summed E-state index contributed by atoms with van der Waals surface area (Å²) in [6, 6.07) is 4.50. The minimum atomic E-state index is -4.31. The molecule has 1 fully saturated rings. The van der Waals surface area contributed by atoms with Crippen molar-refractivity contribution in [2.24, 2.45) is 0 Å². The van der Waals surface area contributed by atoms with Gasteiger partial charge in [-0.15, -0.1) is 11.8 Å². The van der Waals surface area contributed by atoms with Crippen LogP contribution in [0.25, 0.3) is 0 Å². The summed E-state index contributed by atoms with van der Waals surface area (Å²) in [5, 5.41) is 2.99. The molecule has 100 valence electrons. The van der Waals surface area contributed by atoms with E-state index < -0.39 is 11.7 Å². The minimum Gasteiger partial charge on any atom is -0.379 e. The fourth-order valence-electron chi connectivity index (χ4n) is 1.68. The third-order valence-corrected chi connectivity index (χ3v) is 3.85. The second kappa shape index (κ2) is 5.50. The van der Waals surface area contributed by atoms with E-state index in [9.17, 15) is 13.2 Å². The number of nitrogens with one attached hydrogen (secondary N) is 1. The summed E-state index contributed by atoms with van der Waals surface area (Å²) in [5.41, 5.74) is 0.0891. The Kier molecular flexibility index (Phi) is 4.19. The smallest absolute Gasteiger partial charge is 0.379 e. The molecule has 1 aliphatic heterocycles. The highest BCUT2D eigenvalue weighted by molar-refractivity contribution is 8.00. The zero-order chi connectivity index (χ0) is 13.2. The predicted molar refractivity (Wildman–Crippen MR) is 64.7 cm³/mol. The SMILES string of the molecule is CNCc1ccc(SC2COC2)c(C(F)(F)F)c1. The first kappa shape index (κ1) is 13.7. The highest BCUT2D eigenvalue weighted by atomic mass is 32.2. The molecule has 0 unspecified atom stereocenters. The first-order chi connectivity index (χ1) is 8.50. The molecule has 2 rings (SSSR count). The number of hydrogen-bond acceptors (Lipinski definition) is 3. The standard InChI is InChI=1S/C12H14F3NOS/c1-16-5-8-2-3-11(18-9-6-17-7-9)10(4-8)12(13,14)15/h2-4,9,16H,5-7H2,1H3. The Morgan fingerprint density at radius 2 is 2.11 bits per heavy atom. The number of benzene rings is 1. The lowest BCUT2D eigenvalue weighted by Crippen LogP contribution is -2.30. The number of rotatable bonds is 4. The largest absolute Gasteiger partial charge is 0.417 e. The molecule has 1 N–H and O–H groups in total. The Labute approximate surface area is 108 Å². The maximum atomic E-state index is 13.0. The predicted octanol–water partition coefficient (Wildman–Crippen LogP) is 2.92. The molecule has 1 saturated heterocycles. The van der Waals surface area contributed by atoms with Crippen molar-refractivity contribution >= 4 is 11.8 Å². The third-order valence-electron chi connectivity index (χ3n) is 2.63. The van der Waals surface area contributed by atoms with Crippen molar-refractivity contribution in [1.82, 2.24) is 5.32 Å². The molecular weight excluding hydrogens is 263 g/mol. The van der Waals surface area contributed by atoms with Crippen molar-refractivity contribution in [1.29, 1.82) is 0 Å². The van der Waals surface area contributed by atoms with Gasteiger partial charge in [-0.3, -0.25) is 0 Å². The van der Waals surface area contributed by atoms with Crippen LogP contribution in [-0.2, 0) is 17.5 Å². The molecular formula is C12H14F3NOS. The Morgan fingerprint density at radius 3 is 2.61 bits per heavy atom. The second-order valence-corrected chi connectivity index (χ2v) is 5.48. The molecule has 18 heavy (non-hydrogen) atoms. The zero-order valence-corrected chi connectivity index (χ0v) is 10.7. The molecule has 6 heteroatoms. The summed E-state index contributed by atoms with van der Waals surface area (Å²) in [6.45, 7) is 1.49. The fourth-order valence-corrected chi connectivity index (χ4v) is 2.81. The molecule has 0 radical (unpaired) electrons. The van der Waals surface area contributed by atoms with Gasteiger partial charge >= 0.3 is 6.18 Å². The van der Waals surface area contributed by atoms with Crippen LogP contribution in [0.5, 0.6) is 0 Å². The van der Waals surface area contributed by atoms with Crippen LogP contribution in [0.1, 0.15) is 11.1 Å². The Bertz CT molecular complexity index is 418. The molecule has 1 aromatic carbocycles. The van der Waals surface area contributed by atoms with Gasteiger partial charge in [-0.05, 0) is 24.7 Å². The van der Waals surface area contributed by atoms with Crippen LogP contribution in [0.4, 0.5) is 13.2 Å². The minimum absolute atomic E-state index is 0.140. The lowest BCUT2D eigenvalue weighted by Gasteiger charge is -2.26. The average Bonchev–Trinajstić information content (AvgIpc) is 2.24. The number of ether oxygens (including phenoxy) is 1. The van der Waals surface area contributed by atoms with Gasteiger partial charge in [0, 0.05) is 11.4 Å². The van der Waals surface area contributed by atoms with Crippen LogP contribution in [0.3, 0.4) is 0 Å². The quantitative estimate of drug-likeness (QED) is 0.914. The summed E-state index contributed by atoms with van der Waals surface area (Å²) in [6.07, 6.45) is -4.31. The molecule has 0 amide bonds. The van der Waals surface area contributed by atoms with E-state index in [2.05, 4.69) is 5.32 Å². The molecule has 1 heterocycles. The van der Waals surface area contributed by atoms with Crippen molar-refractivity contribution < 1.29 is 17.9 Å². The average molecular weight is 277 g/mol. The topological polar surface area (TPSA) is 21.3 Å². The highest BCUT2D eigenvalue weighted by Crippen LogP contribution is 2.39. The van der Waals surface area contributed by atoms with Crippen LogP contribution < -0.4 is 5.32 Å². The molecule has 1 aromatic rings. The van der Waals surface area contributed by atoms with Crippen molar-refractivity contribution in [2.45, 2.75) is 22.9 Å². The first-order valence-corrected chi connectivity index (χ1v) is 6.48. The van der Waals surface area contributed by atoms with E-state index in [-0.39, 0.29) is 10.1 Å². The van der Waals surface area contributed by atoms with Crippen LogP contribution in [0.15, 0.2) is 23.1 Å². The Morgan fingerprint density at radius 1 is 1.39 bits per heavy atom. The molecule has 0 spiro atoms. The van der Waals surface area contributed by atoms with Gasteiger partial charge in [0.1, 0.15) is 0 Å². The summed E-state index contributed by atoms with van der Waals surface area (Å²) in [5.74, 6) is 0. The van der Waals surface area contributed by atoms with E-state index in [1.807, 2.05) is 0 Å². The molecule has 2 nitrogen and oxygen atoms in total. The van der Waals surface area contributed by atoms with Crippen molar-refractivity contribution in [3.05, 3.63) is 29.3 Å². The summed E-state index contributed by atoms with van der Waals surface area (Å²) < 4.78 is 43.9. The van der Waals surface area contributed by atoms with Crippen LogP contribution in [0.2, 0.25) is 0 Å². The van der Waals surface area contributed by atoms with Crippen molar-refractivity contribution in [3.63, 3.8) is 0 Å². The molecule has 0 saturated carbocycles. The van der Waals surface area contributed by atoms with Gasteiger partial charge in [-0.2, -0.15) is 13.2 Å². The molecule has 0 aliphatic carbocycles. The van der Waals surface area contributed by atoms with Gasteiger partial charge in [-0.25, -0.2) is 0 Å². The van der Waals surface area contributed by atoms with Crippen molar-refractivity contribution in [3.8, 4) is 0 Å². The van der Waals surface area contributed by atoms with Crippen molar-refractivity contribution in [2.75, 3.05) is 20.3 Å². The van der Waals surface area contributed by atoms with E-state index in [4.69, 9.17) is 4.74 Å². The lowest BCUT2D eigenvalue weighted by molar-refractivity contribution is -0.139. The summed E-state index contributed by atoms with van der Waals surface area (Å²) in [7, 11) is 1.71. The van der Waals surface area contributed by atoms with Crippen LogP contribution in [-0.4, -0.2) is 25.5 Å². The van der Waals surface area contributed by atoms with Gasteiger partial charge in [0.05, 0.1) is 24.0 Å². The van der Waals surface area contributed by atoms with Crippen LogP contribution in [0, 0.1) is 0 Å². The highest BCUT2D eigenvalue weighted by Gasteiger charge is 2.35. The number of alkyl halides is 3. The van der Waals surface area contributed by atoms with E-state index in [1.54, 1.807) is 19.2 Å². The molecule has 0 atom stereocenters. The van der Waals surface area contributed by atoms with Gasteiger partial charge in [0.2, 0.25) is 0 Å². The number of thioether (sulfide) groups is 1.